The minimum absolute atomic E-state index is 0.0182. The van der Waals surface area contributed by atoms with E-state index in [1.165, 1.54) is 21.1 Å². The van der Waals surface area contributed by atoms with Crippen molar-refractivity contribution in [2.24, 2.45) is 17.3 Å². The van der Waals surface area contributed by atoms with Crippen LogP contribution in [-0.4, -0.2) is 188 Å². The first-order chi connectivity index (χ1) is 47.6. The van der Waals surface area contributed by atoms with Crippen LogP contribution in [-0.2, 0) is 92.5 Å². The lowest BCUT2D eigenvalue weighted by Crippen LogP contribution is -2.81. The summed E-state index contributed by atoms with van der Waals surface area (Å²) < 4.78 is 36.0. The Balaban J connectivity index is 0.877. The van der Waals surface area contributed by atoms with Crippen molar-refractivity contribution in [3.05, 3.63) is 154 Å². The molecule has 1 spiro atoms. The third-order valence-corrected chi connectivity index (χ3v) is 23.0. The van der Waals surface area contributed by atoms with Gasteiger partial charge in [-0.15, -0.1) is 0 Å². The zero-order valence-electron chi connectivity index (χ0n) is 58.3. The van der Waals surface area contributed by atoms with Gasteiger partial charge in [0, 0.05) is 90.2 Å². The van der Waals surface area contributed by atoms with E-state index in [1.54, 1.807) is 48.4 Å². The molecule has 2 bridgehead atoms. The van der Waals surface area contributed by atoms with E-state index < -0.39 is 112 Å². The predicted molar refractivity (Wildman–Crippen MR) is 367 cm³/mol. The molecule has 1 unspecified atom stereocenters. The SMILES string of the molecule is CCC1=C[C@H]2C[C@](C(=O)OC)(c3cc4c(cc3OC)N(C)[C@H]3[C@@](O)(C(=O)OC)[C@H](OC(C)=O)[C@]5(CC)C=CCN6CC[C@]43[C@@H]65)c3[nH]c4ccccc4c3CC[N+](CC(=O)N3CCC[C@H]3C(=O)N[C@H](C(=O)N[C@@H](CC(=O)OCc3ccccc3)C(=O)OCc3ccccc3)[C@@H](C)CC)(C1)C2. The molecule has 7 heterocycles. The number of amides is 3. The Morgan fingerprint density at radius 2 is 1.53 bits per heavy atom. The highest BCUT2D eigenvalue weighted by atomic mass is 16.6. The molecule has 1 aromatic heterocycles. The van der Waals surface area contributed by atoms with Crippen LogP contribution in [0, 0.1) is 17.3 Å². The Bertz CT molecular complexity index is 4010. The van der Waals surface area contributed by atoms with Crippen LogP contribution in [0.1, 0.15) is 119 Å². The molecule has 1 saturated carbocycles. The van der Waals surface area contributed by atoms with E-state index >= 15 is 9.59 Å². The number of para-hydroxylation sites is 1. The van der Waals surface area contributed by atoms with Gasteiger partial charge in [0.1, 0.15) is 49.0 Å². The number of H-pyrrole nitrogens is 1. The molecule has 22 nitrogen and oxygen atoms in total. The fourth-order valence-corrected chi connectivity index (χ4v) is 18.5. The van der Waals surface area contributed by atoms with Gasteiger partial charge < -0.3 is 63.4 Å². The summed E-state index contributed by atoms with van der Waals surface area (Å²) in [7, 11) is 6.03. The summed E-state index contributed by atoms with van der Waals surface area (Å²) in [5.74, 6) is -5.65. The van der Waals surface area contributed by atoms with Crippen molar-refractivity contribution in [2.75, 3.05) is 79.1 Å². The van der Waals surface area contributed by atoms with Crippen molar-refractivity contribution in [2.45, 2.75) is 158 Å². The second-order valence-corrected chi connectivity index (χ2v) is 28.4. The van der Waals surface area contributed by atoms with E-state index in [9.17, 15) is 33.9 Å². The number of nitrogens with zero attached hydrogens (tertiary/aromatic N) is 4. The van der Waals surface area contributed by atoms with Gasteiger partial charge in [0.05, 0.1) is 46.9 Å². The number of carbonyl (C=O) groups is 8. The van der Waals surface area contributed by atoms with Crippen LogP contribution in [0.5, 0.6) is 5.75 Å². The number of hydrogen-bond acceptors (Lipinski definition) is 17. The number of aromatic nitrogens is 1. The molecule has 99 heavy (non-hydrogen) atoms. The number of ether oxygens (including phenoxy) is 6. The summed E-state index contributed by atoms with van der Waals surface area (Å²) in [6.07, 6.45) is 7.82. The highest BCUT2D eigenvalue weighted by Crippen LogP contribution is 2.68. The van der Waals surface area contributed by atoms with E-state index in [1.807, 2.05) is 99.5 Å². The van der Waals surface area contributed by atoms with Crippen molar-refractivity contribution in [1.82, 2.24) is 25.4 Å². The summed E-state index contributed by atoms with van der Waals surface area (Å²) in [4.78, 5) is 126. The number of rotatable bonds is 22. The Kier molecular flexibility index (Phi) is 19.8. The topological polar surface area (TPSA) is 262 Å². The van der Waals surface area contributed by atoms with Crippen LogP contribution in [0.2, 0.25) is 0 Å². The summed E-state index contributed by atoms with van der Waals surface area (Å²) in [5, 5.41) is 20.3. The number of carbonyl (C=O) groups excluding carboxylic acids is 8. The fourth-order valence-electron chi connectivity index (χ4n) is 18.5. The van der Waals surface area contributed by atoms with Crippen LogP contribution >= 0.6 is 0 Å². The van der Waals surface area contributed by atoms with Crippen LogP contribution in [0.4, 0.5) is 5.69 Å². The largest absolute Gasteiger partial charge is 0.496 e. The second-order valence-electron chi connectivity index (χ2n) is 28.4. The molecular weight excluding hydrogens is 1260 g/mol. The third kappa shape index (κ3) is 12.1. The van der Waals surface area contributed by atoms with Crippen molar-refractivity contribution < 1.29 is 76.4 Å². The molecule has 3 amide bonds. The number of aromatic amines is 1. The Morgan fingerprint density at radius 1 is 0.828 bits per heavy atom. The maximum Gasteiger partial charge on any atom is 0.344 e. The molecule has 13 atom stereocenters. The minimum atomic E-state index is -2.41. The van der Waals surface area contributed by atoms with Gasteiger partial charge in [0.2, 0.25) is 17.4 Å². The molecule has 3 fully saturated rings. The molecule has 4 aromatic carbocycles. The van der Waals surface area contributed by atoms with E-state index in [2.05, 4.69) is 39.6 Å². The number of benzene rings is 4. The first-order valence-electron chi connectivity index (χ1n) is 35.0. The van der Waals surface area contributed by atoms with Gasteiger partial charge in [0.15, 0.2) is 12.6 Å². The molecule has 526 valence electrons. The van der Waals surface area contributed by atoms with Crippen molar-refractivity contribution >= 4 is 64.2 Å². The maximum absolute atomic E-state index is 16.1. The fraction of sp³-hybridized carbons (Fsp3) is 0.506. The number of hydrogen-bond donors (Lipinski definition) is 4. The summed E-state index contributed by atoms with van der Waals surface area (Å²) >= 11 is 0. The van der Waals surface area contributed by atoms with Gasteiger partial charge in [-0.2, -0.15) is 0 Å². The average molecular weight is 1360 g/mol. The number of quaternary nitrogens is 1. The Morgan fingerprint density at radius 3 is 2.19 bits per heavy atom. The molecule has 0 radical (unpaired) electrons. The quantitative estimate of drug-likeness (QED) is 0.0231. The van der Waals surface area contributed by atoms with E-state index in [0.29, 0.717) is 117 Å². The van der Waals surface area contributed by atoms with E-state index in [4.69, 9.17) is 28.4 Å². The molecule has 4 N–H and O–H groups in total. The molecule has 12 rings (SSSR count). The van der Waals surface area contributed by atoms with Crippen LogP contribution in [0.25, 0.3) is 10.9 Å². The highest BCUT2D eigenvalue weighted by Gasteiger charge is 2.80. The number of nitrogens with one attached hydrogen (secondary N) is 3. The average Bonchev–Trinajstić information content (AvgIpc) is 1.50. The van der Waals surface area contributed by atoms with Gasteiger partial charge in [-0.3, -0.25) is 33.7 Å². The highest BCUT2D eigenvalue weighted by molar-refractivity contribution is 5.97. The first kappa shape index (κ1) is 70.0. The first-order valence-corrected chi connectivity index (χ1v) is 35.0. The van der Waals surface area contributed by atoms with Gasteiger partial charge in [-0.05, 0) is 90.9 Å². The van der Waals surface area contributed by atoms with Gasteiger partial charge in [-0.1, -0.05) is 131 Å². The van der Waals surface area contributed by atoms with Crippen LogP contribution in [0.3, 0.4) is 0 Å². The molecule has 6 aliphatic heterocycles. The standard InChI is InChI=1S/C77H93N7O15/c1-10-47(4)64(67(89)79-58(68(90)98-46-51-25-17-14-18-26-51)39-63(87)97-45-50-23-15-13-16-24-50)80-66(88)59-29-21-34-83(59)62(86)44-84-36-30-54-53-27-19-20-28-57(53)78-65(54)76(72(91)95-8,41-52(43-84)37-49(11-2)42-84)56-38-55-60(40-61(56)94-7)81(6)70-75(55)32-35-82-33-22-31-74(12-3,69(75)82)71(99-48(5)85)77(70,93)73(92)96-9/h13-20,22-28,31,37-38,40,47,52,58-59,64,69-71,78,93H,10-12,21,29-30,32-36,39,41-46H2,1-9H3,(H-,79,80,88,89)/p+1/t47-,52-,58-,59-,64-,69-,70+,71+,74+,75+,76-,77-,84?/m0/s1. The number of likely N-dealkylation sites (N-methyl/N-ethyl adjacent to an activating group) is 1. The smallest absolute Gasteiger partial charge is 0.344 e. The number of fused-ring (bicyclic) bond motifs is 6. The molecule has 7 aliphatic rings. The number of esters is 5. The number of aliphatic hydroxyl groups is 1. The predicted octanol–water partition coefficient (Wildman–Crippen LogP) is 7.19. The van der Waals surface area contributed by atoms with Crippen molar-refractivity contribution in [1.29, 1.82) is 0 Å². The molecule has 22 heteroatoms. The molecule has 5 aromatic rings. The van der Waals surface area contributed by atoms with E-state index in [-0.39, 0.29) is 38.0 Å². The molecule has 1 aliphatic carbocycles. The van der Waals surface area contributed by atoms with Crippen LogP contribution in [0.15, 0.2) is 121 Å². The van der Waals surface area contributed by atoms with Gasteiger partial charge in [-0.25, -0.2) is 9.59 Å². The van der Waals surface area contributed by atoms with Crippen LogP contribution < -0.4 is 20.3 Å². The summed E-state index contributed by atoms with van der Waals surface area (Å²) in [6, 6.07) is 25.0. The van der Waals surface area contributed by atoms with Gasteiger partial charge >= 0.3 is 29.8 Å². The third-order valence-electron chi connectivity index (χ3n) is 23.0. The summed E-state index contributed by atoms with van der Waals surface area (Å²) in [5.41, 5.74) is 0.615. The molecular formula is C77H94N7O15+. The maximum atomic E-state index is 16.1. The number of anilines is 1. The Hall–Kier alpha value is -8.86. The van der Waals surface area contributed by atoms with E-state index in [0.717, 1.165) is 33.2 Å². The van der Waals surface area contributed by atoms with Gasteiger partial charge in [0.25, 0.3) is 5.91 Å². The lowest BCUT2D eigenvalue weighted by molar-refractivity contribution is -0.921. The lowest BCUT2D eigenvalue weighted by atomic mass is 9.47. The second kappa shape index (κ2) is 28.0. The van der Waals surface area contributed by atoms with Crippen molar-refractivity contribution in [3.63, 3.8) is 0 Å². The number of methoxy groups -OCH3 is 3. The normalized spacial score (nSPS) is 28.2. The lowest BCUT2D eigenvalue weighted by Gasteiger charge is -2.63. The Labute approximate surface area is 578 Å². The molecule has 2 saturated heterocycles. The minimum Gasteiger partial charge on any atom is -0.496 e. The zero-order valence-corrected chi connectivity index (χ0v) is 58.3. The summed E-state index contributed by atoms with van der Waals surface area (Å²) in [6.45, 7) is 11.8. The van der Waals surface area contributed by atoms with Crippen molar-refractivity contribution in [3.8, 4) is 5.75 Å². The zero-order chi connectivity index (χ0) is 70.3. The number of likely N-dealkylation sites (tertiary alicyclic amines) is 1. The monoisotopic (exact) mass is 1360 g/mol.